The van der Waals surface area contributed by atoms with Crippen molar-refractivity contribution in [3.8, 4) is 11.8 Å². The normalized spacial score (nSPS) is 10.7. The highest BCUT2D eigenvalue weighted by Crippen LogP contribution is 2.22. The predicted octanol–water partition coefficient (Wildman–Crippen LogP) is 3.58. The average Bonchev–Trinajstić information content (AvgIpc) is 2.66. The van der Waals surface area contributed by atoms with Crippen LogP contribution >= 0.6 is 11.6 Å². The molecule has 2 aromatic carbocycles. The van der Waals surface area contributed by atoms with Crippen LogP contribution in [0.4, 0.5) is 10.1 Å². The van der Waals surface area contributed by atoms with Crippen LogP contribution in [-0.2, 0) is 14.3 Å². The van der Waals surface area contributed by atoms with Crippen LogP contribution in [0.25, 0.3) is 6.08 Å². The lowest BCUT2D eigenvalue weighted by atomic mass is 10.1. The van der Waals surface area contributed by atoms with Crippen molar-refractivity contribution in [1.82, 2.24) is 0 Å². The topological polar surface area (TPSA) is 88.4 Å². The number of carbonyl (C=O) groups is 2. The van der Waals surface area contributed by atoms with Crippen molar-refractivity contribution in [3.05, 3.63) is 64.4 Å². The molecule has 2 rings (SSSR count). The van der Waals surface area contributed by atoms with E-state index < -0.39 is 24.3 Å². The van der Waals surface area contributed by atoms with Crippen LogP contribution in [0.1, 0.15) is 5.56 Å². The Morgan fingerprint density at radius 2 is 2.07 bits per heavy atom. The maximum atomic E-state index is 13.0. The molecule has 2 aromatic rings. The Balaban J connectivity index is 1.99. The number of rotatable bonds is 6. The molecule has 0 heterocycles. The molecule has 0 aliphatic heterocycles. The van der Waals surface area contributed by atoms with Crippen LogP contribution in [-0.4, -0.2) is 25.6 Å². The molecular formula is C19H14ClFN2O4. The highest BCUT2D eigenvalue weighted by molar-refractivity contribution is 6.33. The number of hydrogen-bond acceptors (Lipinski definition) is 5. The molecule has 0 saturated heterocycles. The van der Waals surface area contributed by atoms with E-state index >= 15 is 0 Å². The van der Waals surface area contributed by atoms with Gasteiger partial charge in [-0.15, -0.1) is 0 Å². The molecule has 0 fully saturated rings. The first-order chi connectivity index (χ1) is 12.9. The third-order valence-electron chi connectivity index (χ3n) is 3.28. The fourth-order valence-corrected chi connectivity index (χ4v) is 2.24. The van der Waals surface area contributed by atoms with Crippen LogP contribution in [0, 0.1) is 17.1 Å². The van der Waals surface area contributed by atoms with Gasteiger partial charge in [-0.25, -0.2) is 9.18 Å². The van der Waals surface area contributed by atoms with Crippen molar-refractivity contribution >= 4 is 35.2 Å². The lowest BCUT2D eigenvalue weighted by Gasteiger charge is -2.08. The van der Waals surface area contributed by atoms with Gasteiger partial charge < -0.3 is 14.8 Å². The lowest BCUT2D eigenvalue weighted by molar-refractivity contribution is -0.142. The molecule has 0 saturated carbocycles. The molecule has 0 aromatic heterocycles. The summed E-state index contributed by atoms with van der Waals surface area (Å²) in [6.45, 7) is -0.635. The number of carbonyl (C=O) groups excluding carboxylic acids is 2. The molecule has 27 heavy (non-hydrogen) atoms. The minimum atomic E-state index is -0.958. The zero-order chi connectivity index (χ0) is 19.8. The quantitative estimate of drug-likeness (QED) is 0.464. The van der Waals surface area contributed by atoms with Gasteiger partial charge in [0.05, 0.1) is 17.8 Å². The van der Waals surface area contributed by atoms with Gasteiger partial charge in [-0.3, -0.25) is 4.79 Å². The van der Waals surface area contributed by atoms with E-state index in [1.54, 1.807) is 30.3 Å². The summed E-state index contributed by atoms with van der Waals surface area (Å²) in [5.41, 5.74) is 0.452. The van der Waals surface area contributed by atoms with Crippen LogP contribution in [0.2, 0.25) is 5.02 Å². The second-order valence-electron chi connectivity index (χ2n) is 5.19. The molecule has 0 spiro atoms. The Morgan fingerprint density at radius 3 is 2.74 bits per heavy atom. The third kappa shape index (κ3) is 5.83. The summed E-state index contributed by atoms with van der Waals surface area (Å²) in [5, 5.41) is 11.5. The van der Waals surface area contributed by atoms with Gasteiger partial charge >= 0.3 is 5.97 Å². The summed E-state index contributed by atoms with van der Waals surface area (Å²) in [7, 11) is 1.49. The van der Waals surface area contributed by atoms with Crippen LogP contribution < -0.4 is 10.1 Å². The molecule has 0 aliphatic carbocycles. The highest BCUT2D eigenvalue weighted by atomic mass is 35.5. The van der Waals surface area contributed by atoms with Crippen molar-refractivity contribution in [2.24, 2.45) is 0 Å². The van der Waals surface area contributed by atoms with Gasteiger partial charge in [-0.2, -0.15) is 5.26 Å². The SMILES string of the molecule is COc1cccc(/C=C(\C#N)C(=O)OCC(=O)Nc2ccc(F)cc2Cl)c1. The lowest BCUT2D eigenvalue weighted by Crippen LogP contribution is -2.21. The zero-order valence-corrected chi connectivity index (χ0v) is 14.9. The number of nitrogens with one attached hydrogen (secondary N) is 1. The summed E-state index contributed by atoms with van der Waals surface area (Å²) < 4.78 is 22.9. The van der Waals surface area contributed by atoms with Gasteiger partial charge in [-0.1, -0.05) is 23.7 Å². The van der Waals surface area contributed by atoms with Crippen molar-refractivity contribution in [3.63, 3.8) is 0 Å². The summed E-state index contributed by atoms with van der Waals surface area (Å²) >= 11 is 5.80. The predicted molar refractivity (Wildman–Crippen MR) is 97.6 cm³/mol. The van der Waals surface area contributed by atoms with E-state index in [0.29, 0.717) is 11.3 Å². The van der Waals surface area contributed by atoms with Crippen LogP contribution in [0.3, 0.4) is 0 Å². The van der Waals surface area contributed by atoms with Crippen molar-refractivity contribution in [1.29, 1.82) is 5.26 Å². The molecule has 1 amide bonds. The number of amides is 1. The fourth-order valence-electron chi connectivity index (χ4n) is 2.02. The molecule has 0 radical (unpaired) electrons. The first kappa shape index (κ1) is 19.9. The Bertz CT molecular complexity index is 938. The highest BCUT2D eigenvalue weighted by Gasteiger charge is 2.14. The molecule has 6 nitrogen and oxygen atoms in total. The fraction of sp³-hybridized carbons (Fsp3) is 0.105. The van der Waals surface area contributed by atoms with E-state index in [2.05, 4.69) is 5.32 Å². The molecule has 0 unspecified atom stereocenters. The number of esters is 1. The minimum Gasteiger partial charge on any atom is -0.497 e. The zero-order valence-electron chi connectivity index (χ0n) is 14.2. The van der Waals surface area contributed by atoms with Crippen molar-refractivity contribution in [2.75, 3.05) is 19.0 Å². The number of halogens is 2. The molecule has 8 heteroatoms. The number of hydrogen-bond donors (Lipinski definition) is 1. The Hall–Kier alpha value is -3.37. The van der Waals surface area contributed by atoms with Gasteiger partial charge in [0.1, 0.15) is 23.2 Å². The van der Waals surface area contributed by atoms with Crippen molar-refractivity contribution in [2.45, 2.75) is 0 Å². The summed E-state index contributed by atoms with van der Waals surface area (Å²) in [4.78, 5) is 23.8. The van der Waals surface area contributed by atoms with E-state index in [1.807, 2.05) is 0 Å². The number of benzene rings is 2. The smallest absolute Gasteiger partial charge is 0.349 e. The van der Waals surface area contributed by atoms with E-state index in [1.165, 1.54) is 19.3 Å². The maximum absolute atomic E-state index is 13.0. The second kappa shape index (κ2) is 9.36. The minimum absolute atomic E-state index is 0.00492. The Labute approximate surface area is 159 Å². The van der Waals surface area contributed by atoms with Crippen molar-refractivity contribution < 1.29 is 23.5 Å². The summed E-state index contributed by atoms with van der Waals surface area (Å²) in [6, 6.07) is 11.9. The maximum Gasteiger partial charge on any atom is 0.349 e. The molecular weight excluding hydrogens is 375 g/mol. The number of ether oxygens (including phenoxy) is 2. The summed E-state index contributed by atoms with van der Waals surface area (Å²) in [5.74, 6) is -1.63. The number of nitriles is 1. The average molecular weight is 389 g/mol. The van der Waals surface area contributed by atoms with Gasteiger partial charge in [-0.05, 0) is 42.0 Å². The number of methoxy groups -OCH3 is 1. The van der Waals surface area contributed by atoms with E-state index in [-0.39, 0.29) is 16.3 Å². The first-order valence-electron chi connectivity index (χ1n) is 7.61. The van der Waals surface area contributed by atoms with Crippen LogP contribution in [0.5, 0.6) is 5.75 Å². The molecule has 0 aliphatic rings. The van der Waals surface area contributed by atoms with Gasteiger partial charge in [0.15, 0.2) is 6.61 Å². The monoisotopic (exact) mass is 388 g/mol. The third-order valence-corrected chi connectivity index (χ3v) is 3.60. The van der Waals surface area contributed by atoms with Crippen LogP contribution in [0.15, 0.2) is 48.0 Å². The second-order valence-corrected chi connectivity index (χ2v) is 5.60. The molecule has 0 atom stereocenters. The van der Waals surface area contributed by atoms with E-state index in [4.69, 9.17) is 26.3 Å². The van der Waals surface area contributed by atoms with Gasteiger partial charge in [0, 0.05) is 0 Å². The van der Waals surface area contributed by atoms with Gasteiger partial charge in [0.25, 0.3) is 5.91 Å². The Morgan fingerprint density at radius 1 is 1.30 bits per heavy atom. The number of nitrogens with zero attached hydrogens (tertiary/aromatic N) is 1. The molecule has 0 bridgehead atoms. The molecule has 138 valence electrons. The largest absolute Gasteiger partial charge is 0.497 e. The van der Waals surface area contributed by atoms with E-state index in [0.717, 1.165) is 12.1 Å². The first-order valence-corrected chi connectivity index (χ1v) is 7.98. The summed E-state index contributed by atoms with van der Waals surface area (Å²) in [6.07, 6.45) is 1.32. The standard InChI is InChI=1S/C19H14ClFN2O4/c1-26-15-4-2-3-12(8-15)7-13(10-22)19(25)27-11-18(24)23-17-6-5-14(21)9-16(17)20/h2-9H,11H2,1H3,(H,23,24)/b13-7+. The molecule has 1 N–H and O–H groups in total. The van der Waals surface area contributed by atoms with E-state index in [9.17, 15) is 14.0 Å². The Kier molecular flexibility index (Phi) is 6.92. The number of anilines is 1. The van der Waals surface area contributed by atoms with Gasteiger partial charge in [0.2, 0.25) is 0 Å².